The number of benzene rings is 1. The first-order valence-electron chi connectivity index (χ1n) is 7.79. The fourth-order valence-electron chi connectivity index (χ4n) is 2.40. The van der Waals surface area contributed by atoms with Gasteiger partial charge in [0.15, 0.2) is 0 Å². The molecule has 0 radical (unpaired) electrons. The number of hydrogen-bond acceptors (Lipinski definition) is 2. The summed E-state index contributed by atoms with van der Waals surface area (Å²) in [5.41, 5.74) is 7.42. The molecule has 114 valence electrons. The molecule has 0 saturated carbocycles. The second-order valence-electron chi connectivity index (χ2n) is 5.79. The molecule has 1 unspecified atom stereocenters. The van der Waals surface area contributed by atoms with Crippen molar-refractivity contribution in [3.8, 4) is 0 Å². The fourth-order valence-corrected chi connectivity index (χ4v) is 2.60. The van der Waals surface area contributed by atoms with Crippen LogP contribution in [0.25, 0.3) is 0 Å². The number of nitrogens with zero attached hydrogens (tertiary/aromatic N) is 1. The highest BCUT2D eigenvalue weighted by Crippen LogP contribution is 2.19. The summed E-state index contributed by atoms with van der Waals surface area (Å²) in [7, 11) is 0. The van der Waals surface area contributed by atoms with Crippen LogP contribution in [0.2, 0.25) is 5.02 Å². The van der Waals surface area contributed by atoms with Crippen LogP contribution in [0, 0.1) is 0 Å². The molecule has 0 bridgehead atoms. The first-order chi connectivity index (χ1) is 9.54. The molecule has 0 saturated heterocycles. The molecule has 1 rings (SSSR count). The third-order valence-electron chi connectivity index (χ3n) is 3.78. The second-order valence-corrected chi connectivity index (χ2v) is 6.22. The Kier molecular flexibility index (Phi) is 8.20. The van der Waals surface area contributed by atoms with Gasteiger partial charge >= 0.3 is 0 Å². The minimum absolute atomic E-state index is 0.0705. The van der Waals surface area contributed by atoms with Crippen LogP contribution in [0.1, 0.15) is 58.1 Å². The molecule has 0 heterocycles. The number of halogens is 1. The Bertz CT molecular complexity index is 379. The lowest BCUT2D eigenvalue weighted by molar-refractivity contribution is 0.209. The van der Waals surface area contributed by atoms with Crippen LogP contribution in [-0.2, 0) is 0 Å². The van der Waals surface area contributed by atoms with E-state index >= 15 is 0 Å². The number of nitrogens with two attached hydrogens (primary N) is 1. The molecule has 3 heteroatoms. The largest absolute Gasteiger partial charge is 0.324 e. The average molecular weight is 297 g/mol. The van der Waals surface area contributed by atoms with Gasteiger partial charge < -0.3 is 10.6 Å². The van der Waals surface area contributed by atoms with Gasteiger partial charge in [-0.1, -0.05) is 43.5 Å². The highest BCUT2D eigenvalue weighted by atomic mass is 35.5. The van der Waals surface area contributed by atoms with Crippen molar-refractivity contribution >= 4 is 11.6 Å². The van der Waals surface area contributed by atoms with Gasteiger partial charge in [-0.3, -0.25) is 0 Å². The number of unbranched alkanes of at least 4 members (excludes halogenated alkanes) is 2. The standard InChI is InChI=1S/C17H29ClN2/c1-4-5-6-11-20(14(2)3)12-10-17(19)15-8-7-9-16(18)13-15/h7-9,13-14,17H,4-6,10-12,19H2,1-3H3. The van der Waals surface area contributed by atoms with Gasteiger partial charge in [-0.15, -0.1) is 0 Å². The predicted molar refractivity (Wildman–Crippen MR) is 89.2 cm³/mol. The second kappa shape index (κ2) is 9.38. The van der Waals surface area contributed by atoms with E-state index in [4.69, 9.17) is 17.3 Å². The predicted octanol–water partition coefficient (Wildman–Crippen LogP) is 4.63. The lowest BCUT2D eigenvalue weighted by Gasteiger charge is -2.27. The lowest BCUT2D eigenvalue weighted by Crippen LogP contribution is -2.34. The molecule has 0 aliphatic rings. The van der Waals surface area contributed by atoms with E-state index in [1.807, 2.05) is 18.2 Å². The van der Waals surface area contributed by atoms with Crippen molar-refractivity contribution in [2.24, 2.45) is 5.73 Å². The van der Waals surface area contributed by atoms with E-state index in [1.54, 1.807) is 0 Å². The SMILES string of the molecule is CCCCCN(CCC(N)c1cccc(Cl)c1)C(C)C. The van der Waals surface area contributed by atoms with Gasteiger partial charge in [0, 0.05) is 23.7 Å². The third kappa shape index (κ3) is 6.25. The maximum atomic E-state index is 6.28. The van der Waals surface area contributed by atoms with Crippen molar-refractivity contribution in [3.05, 3.63) is 34.9 Å². The molecule has 1 aromatic carbocycles. The summed E-state index contributed by atoms with van der Waals surface area (Å²) in [6.07, 6.45) is 4.84. The van der Waals surface area contributed by atoms with Gasteiger partial charge in [0.05, 0.1) is 0 Å². The Labute approximate surface area is 129 Å². The summed E-state index contributed by atoms with van der Waals surface area (Å²) in [5.74, 6) is 0. The summed E-state index contributed by atoms with van der Waals surface area (Å²) in [4.78, 5) is 2.53. The van der Waals surface area contributed by atoms with Gasteiger partial charge in [0.2, 0.25) is 0 Å². The molecule has 20 heavy (non-hydrogen) atoms. The van der Waals surface area contributed by atoms with Gasteiger partial charge in [-0.2, -0.15) is 0 Å². The minimum Gasteiger partial charge on any atom is -0.324 e. The molecule has 2 N–H and O–H groups in total. The van der Waals surface area contributed by atoms with Crippen LogP contribution in [0.15, 0.2) is 24.3 Å². The summed E-state index contributed by atoms with van der Waals surface area (Å²) >= 11 is 6.02. The van der Waals surface area contributed by atoms with Crippen molar-refractivity contribution in [2.45, 2.75) is 58.5 Å². The zero-order chi connectivity index (χ0) is 15.0. The quantitative estimate of drug-likeness (QED) is 0.673. The van der Waals surface area contributed by atoms with E-state index in [-0.39, 0.29) is 6.04 Å². The van der Waals surface area contributed by atoms with Crippen LogP contribution in [0.4, 0.5) is 0 Å². The number of hydrogen-bond donors (Lipinski definition) is 1. The molecule has 2 nitrogen and oxygen atoms in total. The van der Waals surface area contributed by atoms with Gasteiger partial charge in [0.1, 0.15) is 0 Å². The summed E-state index contributed by atoms with van der Waals surface area (Å²) < 4.78 is 0. The number of rotatable bonds is 9. The van der Waals surface area contributed by atoms with Crippen molar-refractivity contribution in [2.75, 3.05) is 13.1 Å². The van der Waals surface area contributed by atoms with E-state index < -0.39 is 0 Å². The third-order valence-corrected chi connectivity index (χ3v) is 4.02. The Morgan fingerprint density at radius 3 is 2.55 bits per heavy atom. The van der Waals surface area contributed by atoms with E-state index in [0.717, 1.165) is 23.6 Å². The molecular weight excluding hydrogens is 268 g/mol. The van der Waals surface area contributed by atoms with E-state index in [1.165, 1.54) is 25.8 Å². The first kappa shape index (κ1) is 17.5. The summed E-state index contributed by atoms with van der Waals surface area (Å²) in [6, 6.07) is 8.55. The van der Waals surface area contributed by atoms with E-state index in [0.29, 0.717) is 6.04 Å². The molecule has 1 aromatic rings. The Morgan fingerprint density at radius 1 is 1.20 bits per heavy atom. The van der Waals surface area contributed by atoms with Gasteiger partial charge in [-0.25, -0.2) is 0 Å². The normalized spacial score (nSPS) is 13.2. The zero-order valence-electron chi connectivity index (χ0n) is 13.1. The van der Waals surface area contributed by atoms with E-state index in [2.05, 4.69) is 31.7 Å². The van der Waals surface area contributed by atoms with Crippen molar-refractivity contribution < 1.29 is 0 Å². The molecule has 1 atom stereocenters. The fraction of sp³-hybridized carbons (Fsp3) is 0.647. The molecule has 0 spiro atoms. The maximum Gasteiger partial charge on any atom is 0.0409 e. The first-order valence-corrected chi connectivity index (χ1v) is 8.17. The van der Waals surface area contributed by atoms with Crippen molar-refractivity contribution in [1.29, 1.82) is 0 Å². The van der Waals surface area contributed by atoms with Crippen LogP contribution < -0.4 is 5.73 Å². The van der Waals surface area contributed by atoms with E-state index in [9.17, 15) is 0 Å². The highest BCUT2D eigenvalue weighted by Gasteiger charge is 2.12. The molecule has 0 aromatic heterocycles. The molecular formula is C17H29ClN2. The van der Waals surface area contributed by atoms with Crippen LogP contribution in [0.3, 0.4) is 0 Å². The van der Waals surface area contributed by atoms with Crippen LogP contribution in [0.5, 0.6) is 0 Å². The Morgan fingerprint density at radius 2 is 1.95 bits per heavy atom. The Hall–Kier alpha value is -0.570. The molecule has 0 fully saturated rings. The molecule has 0 aliphatic heterocycles. The van der Waals surface area contributed by atoms with Crippen LogP contribution >= 0.6 is 11.6 Å². The Balaban J connectivity index is 2.45. The highest BCUT2D eigenvalue weighted by molar-refractivity contribution is 6.30. The van der Waals surface area contributed by atoms with Gasteiger partial charge in [-0.05, 0) is 50.9 Å². The average Bonchev–Trinajstić information content (AvgIpc) is 2.42. The summed E-state index contributed by atoms with van der Waals surface area (Å²) in [6.45, 7) is 8.99. The lowest BCUT2D eigenvalue weighted by atomic mass is 10.0. The summed E-state index contributed by atoms with van der Waals surface area (Å²) in [5, 5.41) is 0.765. The van der Waals surface area contributed by atoms with Crippen LogP contribution in [-0.4, -0.2) is 24.0 Å². The minimum atomic E-state index is 0.0705. The van der Waals surface area contributed by atoms with Gasteiger partial charge in [0.25, 0.3) is 0 Å². The topological polar surface area (TPSA) is 29.3 Å². The monoisotopic (exact) mass is 296 g/mol. The molecule has 0 amide bonds. The van der Waals surface area contributed by atoms with Crippen molar-refractivity contribution in [1.82, 2.24) is 4.90 Å². The smallest absolute Gasteiger partial charge is 0.0409 e. The zero-order valence-corrected chi connectivity index (χ0v) is 13.9. The maximum absolute atomic E-state index is 6.28. The molecule has 0 aliphatic carbocycles. The van der Waals surface area contributed by atoms with Crippen molar-refractivity contribution in [3.63, 3.8) is 0 Å².